The lowest BCUT2D eigenvalue weighted by Gasteiger charge is -2.35. The van der Waals surface area contributed by atoms with Gasteiger partial charge in [-0.25, -0.2) is 0 Å². The number of aldehydes is 1. The number of halogens is 1. The molecule has 0 saturated heterocycles. The van der Waals surface area contributed by atoms with E-state index in [-0.39, 0.29) is 0 Å². The summed E-state index contributed by atoms with van der Waals surface area (Å²) in [6.45, 7) is 5.60. The second kappa shape index (κ2) is 9.73. The van der Waals surface area contributed by atoms with Crippen molar-refractivity contribution in [3.8, 4) is 18.1 Å². The second-order valence-corrected chi connectivity index (χ2v) is 8.60. The highest BCUT2D eigenvalue weighted by atomic mass is 35.5. The molecule has 0 aliphatic heterocycles. The SMILES string of the molecule is C#CC(=O)N(c1ccc(NSc2ccc(OC)cc2)c(Cl)c1)C(C=O)C(C)(C)C. The van der Waals surface area contributed by atoms with E-state index < -0.39 is 17.4 Å². The fraction of sp³-hybridized carbons (Fsp3) is 0.273. The van der Waals surface area contributed by atoms with Gasteiger partial charge in [-0.05, 0) is 65.7 Å². The molecule has 2 aromatic rings. The van der Waals surface area contributed by atoms with Crippen LogP contribution >= 0.6 is 23.5 Å². The Bertz CT molecular complexity index is 917. The molecule has 0 spiro atoms. The molecule has 0 aliphatic rings. The Morgan fingerprint density at radius 3 is 2.41 bits per heavy atom. The summed E-state index contributed by atoms with van der Waals surface area (Å²) in [5, 5.41) is 0.400. The minimum absolute atomic E-state index is 0.400. The van der Waals surface area contributed by atoms with E-state index in [2.05, 4.69) is 10.6 Å². The van der Waals surface area contributed by atoms with E-state index in [9.17, 15) is 9.59 Å². The highest BCUT2D eigenvalue weighted by Gasteiger charge is 2.34. The Labute approximate surface area is 180 Å². The first-order valence-electron chi connectivity index (χ1n) is 8.82. The lowest BCUT2D eigenvalue weighted by molar-refractivity contribution is -0.118. The standard InChI is InChI=1S/C22H23ClN2O3S/c1-6-21(27)25(20(14-26)22(2,3)4)15-7-12-19(18(23)13-15)24-29-17-10-8-16(28-5)9-11-17/h1,7-14,20,24H,2-5H3. The Morgan fingerprint density at radius 2 is 1.93 bits per heavy atom. The lowest BCUT2D eigenvalue weighted by atomic mass is 9.86. The maximum Gasteiger partial charge on any atom is 0.303 e. The van der Waals surface area contributed by atoms with Gasteiger partial charge < -0.3 is 14.3 Å². The van der Waals surface area contributed by atoms with Crippen molar-refractivity contribution in [3.63, 3.8) is 0 Å². The molecule has 0 saturated carbocycles. The molecule has 0 radical (unpaired) electrons. The van der Waals surface area contributed by atoms with Gasteiger partial charge in [-0.1, -0.05) is 32.4 Å². The first-order chi connectivity index (χ1) is 13.7. The highest BCUT2D eigenvalue weighted by molar-refractivity contribution is 8.00. The third-order valence-corrected chi connectivity index (χ3v) is 5.35. The van der Waals surface area contributed by atoms with Crippen molar-refractivity contribution in [2.24, 2.45) is 5.41 Å². The molecule has 1 amide bonds. The van der Waals surface area contributed by atoms with E-state index in [0.29, 0.717) is 16.4 Å². The van der Waals surface area contributed by atoms with Gasteiger partial charge in [0.1, 0.15) is 12.0 Å². The summed E-state index contributed by atoms with van der Waals surface area (Å²) in [6.07, 6.45) is 6.06. The van der Waals surface area contributed by atoms with Crippen LogP contribution in [-0.4, -0.2) is 25.3 Å². The van der Waals surface area contributed by atoms with Gasteiger partial charge in [0.25, 0.3) is 0 Å². The summed E-state index contributed by atoms with van der Waals surface area (Å²) in [6, 6.07) is 11.9. The Balaban J connectivity index is 2.25. The van der Waals surface area contributed by atoms with Crippen molar-refractivity contribution in [1.82, 2.24) is 0 Å². The first-order valence-corrected chi connectivity index (χ1v) is 10.0. The normalized spacial score (nSPS) is 11.9. The molecule has 1 N–H and O–H groups in total. The third kappa shape index (κ3) is 5.69. The second-order valence-electron chi connectivity index (χ2n) is 7.31. The lowest BCUT2D eigenvalue weighted by Crippen LogP contribution is -2.48. The molecular weight excluding hydrogens is 408 g/mol. The Hall–Kier alpha value is -2.62. The first kappa shape index (κ1) is 22.7. The molecule has 2 aromatic carbocycles. The topological polar surface area (TPSA) is 58.6 Å². The Kier molecular flexibility index (Phi) is 7.60. The molecule has 2 rings (SSSR count). The summed E-state index contributed by atoms with van der Waals surface area (Å²) >= 11 is 7.81. The van der Waals surface area contributed by atoms with E-state index in [0.717, 1.165) is 16.9 Å². The van der Waals surface area contributed by atoms with Crippen molar-refractivity contribution in [3.05, 3.63) is 47.5 Å². The maximum atomic E-state index is 12.4. The van der Waals surface area contributed by atoms with Crippen LogP contribution < -0.4 is 14.4 Å². The molecule has 1 atom stereocenters. The molecule has 152 valence electrons. The van der Waals surface area contributed by atoms with Gasteiger partial charge in [0.05, 0.1) is 23.9 Å². The van der Waals surface area contributed by atoms with Crippen LogP contribution in [-0.2, 0) is 9.59 Å². The van der Waals surface area contributed by atoms with E-state index in [1.807, 2.05) is 45.0 Å². The zero-order chi connectivity index (χ0) is 21.6. The van der Waals surface area contributed by atoms with Gasteiger partial charge >= 0.3 is 5.91 Å². The monoisotopic (exact) mass is 430 g/mol. The van der Waals surface area contributed by atoms with Gasteiger partial charge in [-0.2, -0.15) is 0 Å². The number of terminal acetylenes is 1. The van der Waals surface area contributed by atoms with Gasteiger partial charge in [0.15, 0.2) is 0 Å². The van der Waals surface area contributed by atoms with E-state index >= 15 is 0 Å². The highest BCUT2D eigenvalue weighted by Crippen LogP contribution is 2.34. The number of amides is 1. The van der Waals surface area contributed by atoms with Crippen LogP contribution in [0.5, 0.6) is 5.75 Å². The van der Waals surface area contributed by atoms with Gasteiger partial charge in [0.2, 0.25) is 0 Å². The van der Waals surface area contributed by atoms with Crippen LogP contribution in [0.15, 0.2) is 47.4 Å². The largest absolute Gasteiger partial charge is 0.497 e. The number of nitrogens with one attached hydrogen (secondary N) is 1. The number of benzene rings is 2. The fourth-order valence-electron chi connectivity index (χ4n) is 2.62. The molecule has 1 unspecified atom stereocenters. The predicted molar refractivity (Wildman–Crippen MR) is 120 cm³/mol. The van der Waals surface area contributed by atoms with Crippen molar-refractivity contribution >= 4 is 47.1 Å². The van der Waals surface area contributed by atoms with Crippen LogP contribution in [0, 0.1) is 17.8 Å². The number of ether oxygens (including phenoxy) is 1. The van der Waals surface area contributed by atoms with Gasteiger partial charge in [-0.3, -0.25) is 9.69 Å². The molecular formula is C22H23ClN2O3S. The van der Waals surface area contributed by atoms with Crippen molar-refractivity contribution in [1.29, 1.82) is 0 Å². The minimum atomic E-state index is -0.727. The van der Waals surface area contributed by atoms with Crippen molar-refractivity contribution in [2.45, 2.75) is 31.7 Å². The van der Waals surface area contributed by atoms with Crippen LogP contribution in [0.3, 0.4) is 0 Å². The van der Waals surface area contributed by atoms with Crippen molar-refractivity contribution in [2.75, 3.05) is 16.7 Å². The average Bonchev–Trinajstić information content (AvgIpc) is 2.69. The summed E-state index contributed by atoms with van der Waals surface area (Å²) in [4.78, 5) is 26.4. The summed E-state index contributed by atoms with van der Waals surface area (Å²) in [5.74, 6) is 2.28. The number of hydrogen-bond donors (Lipinski definition) is 1. The molecule has 0 heterocycles. The molecule has 5 nitrogen and oxygen atoms in total. The number of rotatable bonds is 7. The van der Waals surface area contributed by atoms with Gasteiger partial charge in [-0.15, -0.1) is 6.42 Å². The van der Waals surface area contributed by atoms with Crippen LogP contribution in [0.4, 0.5) is 11.4 Å². The van der Waals surface area contributed by atoms with Crippen molar-refractivity contribution < 1.29 is 14.3 Å². The number of carbonyl (C=O) groups is 2. The van der Waals surface area contributed by atoms with E-state index in [4.69, 9.17) is 22.8 Å². The molecule has 0 fully saturated rings. The minimum Gasteiger partial charge on any atom is -0.497 e. The molecule has 0 aromatic heterocycles. The zero-order valence-electron chi connectivity index (χ0n) is 16.7. The van der Waals surface area contributed by atoms with Gasteiger partial charge in [0, 0.05) is 10.6 Å². The molecule has 0 aliphatic carbocycles. The van der Waals surface area contributed by atoms with E-state index in [1.54, 1.807) is 25.3 Å². The number of carbonyl (C=O) groups excluding carboxylic acids is 2. The number of nitrogens with zero attached hydrogens (tertiary/aromatic N) is 1. The summed E-state index contributed by atoms with van der Waals surface area (Å²) < 4.78 is 8.33. The third-order valence-electron chi connectivity index (χ3n) is 4.21. The quantitative estimate of drug-likeness (QED) is 0.378. The van der Waals surface area contributed by atoms with Crippen LogP contribution in [0.1, 0.15) is 20.8 Å². The van der Waals surface area contributed by atoms with Crippen LogP contribution in [0.25, 0.3) is 0 Å². The zero-order valence-corrected chi connectivity index (χ0v) is 18.3. The average molecular weight is 431 g/mol. The summed E-state index contributed by atoms with van der Waals surface area (Å²) in [7, 11) is 1.62. The molecule has 0 bridgehead atoms. The smallest absolute Gasteiger partial charge is 0.303 e. The Morgan fingerprint density at radius 1 is 1.28 bits per heavy atom. The van der Waals surface area contributed by atoms with E-state index in [1.165, 1.54) is 16.8 Å². The number of hydrogen-bond acceptors (Lipinski definition) is 5. The molecule has 29 heavy (non-hydrogen) atoms. The predicted octanol–water partition coefficient (Wildman–Crippen LogP) is 5.05. The number of methoxy groups -OCH3 is 1. The maximum absolute atomic E-state index is 12.4. The number of anilines is 2. The fourth-order valence-corrected chi connectivity index (χ4v) is 3.58. The van der Waals surface area contributed by atoms with Crippen LogP contribution in [0.2, 0.25) is 5.02 Å². The molecule has 7 heteroatoms. The summed E-state index contributed by atoms with van der Waals surface area (Å²) in [5.41, 5.74) is 0.634.